The minimum Gasteiger partial charge on any atom is -0.383 e. The predicted molar refractivity (Wildman–Crippen MR) is 73.4 cm³/mol. The summed E-state index contributed by atoms with van der Waals surface area (Å²) in [5, 5.41) is 0. The van der Waals surface area contributed by atoms with E-state index in [4.69, 9.17) is 10.5 Å². The molecule has 2 rings (SSSR count). The van der Waals surface area contributed by atoms with Gasteiger partial charge in [-0.3, -0.25) is 4.99 Å². The van der Waals surface area contributed by atoms with Gasteiger partial charge in [-0.25, -0.2) is 4.39 Å². The van der Waals surface area contributed by atoms with Crippen LogP contribution >= 0.6 is 0 Å². The van der Waals surface area contributed by atoms with Crippen LogP contribution in [0, 0.1) is 5.82 Å². The van der Waals surface area contributed by atoms with E-state index in [2.05, 4.69) is 16.8 Å². The fraction of sp³-hybridized carbons (Fsp3) is 0.500. The zero-order chi connectivity index (χ0) is 13.9. The van der Waals surface area contributed by atoms with E-state index in [1.807, 2.05) is 12.1 Å². The molecule has 1 aromatic carbocycles. The Bertz CT molecular complexity index is 460. The van der Waals surface area contributed by atoms with Crippen molar-refractivity contribution in [1.82, 2.24) is 4.90 Å². The van der Waals surface area contributed by atoms with Crippen molar-refractivity contribution < 1.29 is 9.13 Å². The van der Waals surface area contributed by atoms with Crippen LogP contribution < -0.4 is 5.73 Å². The highest BCUT2D eigenvalue weighted by Gasteiger charge is 2.41. The van der Waals surface area contributed by atoms with E-state index in [9.17, 15) is 4.39 Å². The van der Waals surface area contributed by atoms with Gasteiger partial charge in [0.05, 0.1) is 18.7 Å². The Hall–Kier alpha value is -1.62. The Labute approximate surface area is 113 Å². The molecule has 0 bridgehead atoms. The van der Waals surface area contributed by atoms with Gasteiger partial charge in [-0.15, -0.1) is 0 Å². The number of benzene rings is 1. The first-order valence-corrected chi connectivity index (χ1v) is 6.46. The summed E-state index contributed by atoms with van der Waals surface area (Å²) in [5.74, 6) is 0.300. The number of ether oxygens (including phenoxy) is 1. The summed E-state index contributed by atoms with van der Waals surface area (Å²) in [4.78, 5) is 6.42. The first kappa shape index (κ1) is 13.8. The fourth-order valence-electron chi connectivity index (χ4n) is 2.63. The standard InChI is InChI=1S/C14H20FN3O/c1-3-14(11-4-6-12(15)7-5-11)10-17-13(16)18(14)8-9-19-2/h4-7H,3,8-10H2,1-2H3,(H2,16,17). The summed E-state index contributed by atoms with van der Waals surface area (Å²) < 4.78 is 18.2. The molecule has 0 saturated heterocycles. The van der Waals surface area contributed by atoms with E-state index in [1.54, 1.807) is 7.11 Å². The van der Waals surface area contributed by atoms with Crippen LogP contribution in [0.1, 0.15) is 18.9 Å². The summed E-state index contributed by atoms with van der Waals surface area (Å²) in [6.07, 6.45) is 0.854. The summed E-state index contributed by atoms with van der Waals surface area (Å²) in [6, 6.07) is 6.59. The van der Waals surface area contributed by atoms with E-state index in [0.717, 1.165) is 12.0 Å². The second-order valence-corrected chi connectivity index (χ2v) is 4.71. The van der Waals surface area contributed by atoms with E-state index < -0.39 is 0 Å². The second-order valence-electron chi connectivity index (χ2n) is 4.71. The van der Waals surface area contributed by atoms with Gasteiger partial charge in [0.25, 0.3) is 0 Å². The lowest BCUT2D eigenvalue weighted by Crippen LogP contribution is -2.50. The van der Waals surface area contributed by atoms with E-state index >= 15 is 0 Å². The molecule has 0 amide bonds. The average molecular weight is 265 g/mol. The number of hydrogen-bond donors (Lipinski definition) is 1. The third-order valence-corrected chi connectivity index (χ3v) is 3.78. The highest BCUT2D eigenvalue weighted by molar-refractivity contribution is 5.81. The Morgan fingerprint density at radius 1 is 1.42 bits per heavy atom. The van der Waals surface area contributed by atoms with Crippen molar-refractivity contribution in [3.8, 4) is 0 Å². The zero-order valence-corrected chi connectivity index (χ0v) is 11.4. The molecule has 4 nitrogen and oxygen atoms in total. The van der Waals surface area contributed by atoms with Crippen molar-refractivity contribution in [2.45, 2.75) is 18.9 Å². The second kappa shape index (κ2) is 5.57. The molecule has 0 spiro atoms. The molecule has 0 fully saturated rings. The fourth-order valence-corrected chi connectivity index (χ4v) is 2.63. The van der Waals surface area contributed by atoms with Gasteiger partial charge < -0.3 is 15.4 Å². The van der Waals surface area contributed by atoms with Gasteiger partial charge in [-0.2, -0.15) is 0 Å². The number of methoxy groups -OCH3 is 1. The Morgan fingerprint density at radius 3 is 2.68 bits per heavy atom. The third kappa shape index (κ3) is 2.42. The molecule has 0 aromatic heterocycles. The van der Waals surface area contributed by atoms with Crippen molar-refractivity contribution in [3.63, 3.8) is 0 Å². The van der Waals surface area contributed by atoms with Gasteiger partial charge in [0.15, 0.2) is 5.96 Å². The molecule has 0 radical (unpaired) electrons. The number of nitrogens with zero attached hydrogens (tertiary/aromatic N) is 2. The van der Waals surface area contributed by atoms with Crippen molar-refractivity contribution >= 4 is 5.96 Å². The highest BCUT2D eigenvalue weighted by atomic mass is 19.1. The largest absolute Gasteiger partial charge is 0.383 e. The van der Waals surface area contributed by atoms with Crippen LogP contribution in [-0.4, -0.2) is 37.7 Å². The maximum absolute atomic E-state index is 13.1. The van der Waals surface area contributed by atoms with Crippen LogP contribution in [0.5, 0.6) is 0 Å². The first-order chi connectivity index (χ1) is 9.14. The van der Waals surface area contributed by atoms with E-state index in [0.29, 0.717) is 25.7 Å². The molecule has 5 heteroatoms. The van der Waals surface area contributed by atoms with Gasteiger partial charge in [0, 0.05) is 13.7 Å². The molecule has 2 N–H and O–H groups in total. The third-order valence-electron chi connectivity index (χ3n) is 3.78. The van der Waals surface area contributed by atoms with Crippen LogP contribution in [-0.2, 0) is 10.3 Å². The Morgan fingerprint density at radius 2 is 2.11 bits per heavy atom. The van der Waals surface area contributed by atoms with Gasteiger partial charge in [0.2, 0.25) is 0 Å². The lowest BCUT2D eigenvalue weighted by molar-refractivity contribution is 0.125. The number of rotatable bonds is 5. The van der Waals surface area contributed by atoms with Crippen molar-refractivity contribution in [2.24, 2.45) is 10.7 Å². The smallest absolute Gasteiger partial charge is 0.192 e. The number of hydrogen-bond acceptors (Lipinski definition) is 4. The minimum atomic E-state index is -0.281. The van der Waals surface area contributed by atoms with E-state index in [-0.39, 0.29) is 11.4 Å². The van der Waals surface area contributed by atoms with Crippen LogP contribution in [0.25, 0.3) is 0 Å². The topological polar surface area (TPSA) is 50.8 Å². The molecule has 1 aromatic rings. The Kier molecular flexibility index (Phi) is 4.04. The lowest BCUT2D eigenvalue weighted by Gasteiger charge is -2.39. The summed E-state index contributed by atoms with van der Waals surface area (Å²) in [5.41, 5.74) is 6.74. The predicted octanol–water partition coefficient (Wildman–Crippen LogP) is 1.71. The molecule has 0 aliphatic carbocycles. The number of aliphatic imine (C=N–C) groups is 1. The van der Waals surface area contributed by atoms with Crippen LogP contribution in [0.15, 0.2) is 29.3 Å². The molecule has 19 heavy (non-hydrogen) atoms. The number of halogens is 1. The summed E-state index contributed by atoms with van der Waals surface area (Å²) in [7, 11) is 1.66. The van der Waals surface area contributed by atoms with Gasteiger partial charge in [-0.1, -0.05) is 19.1 Å². The van der Waals surface area contributed by atoms with E-state index in [1.165, 1.54) is 12.1 Å². The normalized spacial score (nSPS) is 22.7. The van der Waals surface area contributed by atoms with Gasteiger partial charge in [-0.05, 0) is 24.1 Å². The molecule has 1 unspecified atom stereocenters. The van der Waals surface area contributed by atoms with Crippen molar-refractivity contribution in [2.75, 3.05) is 26.8 Å². The summed E-state index contributed by atoms with van der Waals surface area (Å²) in [6.45, 7) is 3.96. The maximum atomic E-state index is 13.1. The molecule has 1 atom stereocenters. The lowest BCUT2D eigenvalue weighted by atomic mass is 9.86. The molecule has 104 valence electrons. The van der Waals surface area contributed by atoms with Crippen molar-refractivity contribution in [1.29, 1.82) is 0 Å². The molecular formula is C14H20FN3O. The highest BCUT2D eigenvalue weighted by Crippen LogP contribution is 2.36. The monoisotopic (exact) mass is 265 g/mol. The number of nitrogens with two attached hydrogens (primary N) is 1. The maximum Gasteiger partial charge on any atom is 0.192 e. The molecule has 1 aliphatic rings. The first-order valence-electron chi connectivity index (χ1n) is 6.46. The van der Waals surface area contributed by atoms with Gasteiger partial charge in [0.1, 0.15) is 5.82 Å². The SMILES string of the molecule is CCC1(c2ccc(F)cc2)CN=C(N)N1CCOC. The molecular weight excluding hydrogens is 245 g/mol. The van der Waals surface area contributed by atoms with Gasteiger partial charge >= 0.3 is 0 Å². The van der Waals surface area contributed by atoms with Crippen LogP contribution in [0.2, 0.25) is 0 Å². The average Bonchev–Trinajstić information content (AvgIpc) is 2.75. The molecule has 1 heterocycles. The van der Waals surface area contributed by atoms with Crippen LogP contribution in [0.4, 0.5) is 4.39 Å². The summed E-state index contributed by atoms with van der Waals surface area (Å²) >= 11 is 0. The van der Waals surface area contributed by atoms with Crippen molar-refractivity contribution in [3.05, 3.63) is 35.6 Å². The molecule has 1 aliphatic heterocycles. The zero-order valence-electron chi connectivity index (χ0n) is 11.4. The Balaban J connectivity index is 2.33. The number of guanidine groups is 1. The quantitative estimate of drug-likeness (QED) is 0.881. The minimum absolute atomic E-state index is 0.231. The molecule has 0 saturated carbocycles. The van der Waals surface area contributed by atoms with Crippen LogP contribution in [0.3, 0.4) is 0 Å².